The van der Waals surface area contributed by atoms with Crippen LogP contribution >= 0.6 is 0 Å². The Hall–Kier alpha value is -3.74. The van der Waals surface area contributed by atoms with Crippen LogP contribution in [0.25, 0.3) is 33.4 Å². The molecule has 0 saturated carbocycles. The van der Waals surface area contributed by atoms with Crippen molar-refractivity contribution >= 4 is 0 Å². The van der Waals surface area contributed by atoms with E-state index in [4.69, 9.17) is 9.47 Å². The average Bonchev–Trinajstić information content (AvgIpc) is 2.88. The van der Waals surface area contributed by atoms with Crippen LogP contribution in [-0.4, -0.2) is 24.4 Å². The molecule has 4 nitrogen and oxygen atoms in total. The molecule has 0 atom stereocenters. The van der Waals surface area contributed by atoms with Crippen LogP contribution in [0.5, 0.6) is 11.5 Å². The summed E-state index contributed by atoms with van der Waals surface area (Å²) >= 11 is 0. The number of hydrogen-bond donors (Lipinski definition) is 2. The van der Waals surface area contributed by atoms with Crippen LogP contribution in [0, 0.1) is 25.5 Å². The number of halogens is 2. The van der Waals surface area contributed by atoms with E-state index in [0.29, 0.717) is 11.1 Å². The molecule has 6 heteroatoms. The van der Waals surface area contributed by atoms with Gasteiger partial charge in [-0.05, 0) is 82.6 Å². The van der Waals surface area contributed by atoms with Gasteiger partial charge < -0.3 is 19.7 Å². The highest BCUT2D eigenvalue weighted by Crippen LogP contribution is 2.39. The number of hydrogen-bond acceptors (Lipinski definition) is 4. The predicted molar refractivity (Wildman–Crippen MR) is 137 cm³/mol. The van der Waals surface area contributed by atoms with Gasteiger partial charge in [0.25, 0.3) is 0 Å². The highest BCUT2D eigenvalue weighted by molar-refractivity contribution is 5.84. The van der Waals surface area contributed by atoms with Crippen molar-refractivity contribution < 1.29 is 28.5 Å². The van der Waals surface area contributed by atoms with E-state index < -0.39 is 24.8 Å². The standard InChI is InChI=1S/C30H28F2O4/c1-17-21(19-11-27(31)25(15-33)29(13-19)35-3)7-5-9-23(17)24-10-6-8-22(18(24)2)20-12-28(32)26(16-34)30(14-20)36-4/h5-14,33-34H,15-16H2,1-4H3. The lowest BCUT2D eigenvalue weighted by Gasteiger charge is -2.18. The fraction of sp³-hybridized carbons (Fsp3) is 0.200. The summed E-state index contributed by atoms with van der Waals surface area (Å²) in [5.74, 6) is -0.482. The van der Waals surface area contributed by atoms with E-state index in [0.717, 1.165) is 33.4 Å². The first-order valence-corrected chi connectivity index (χ1v) is 11.5. The monoisotopic (exact) mass is 490 g/mol. The zero-order valence-corrected chi connectivity index (χ0v) is 20.7. The lowest BCUT2D eigenvalue weighted by Crippen LogP contribution is -1.99. The lowest BCUT2D eigenvalue weighted by atomic mass is 9.87. The molecule has 0 radical (unpaired) electrons. The Morgan fingerprint density at radius 2 is 0.972 bits per heavy atom. The van der Waals surface area contributed by atoms with Crippen molar-refractivity contribution in [2.75, 3.05) is 14.2 Å². The molecule has 2 N–H and O–H groups in total. The van der Waals surface area contributed by atoms with Gasteiger partial charge in [-0.2, -0.15) is 0 Å². The van der Waals surface area contributed by atoms with Crippen molar-refractivity contribution in [3.63, 3.8) is 0 Å². The molecule has 0 unspecified atom stereocenters. The zero-order valence-electron chi connectivity index (χ0n) is 20.7. The maximum Gasteiger partial charge on any atom is 0.133 e. The van der Waals surface area contributed by atoms with Crippen molar-refractivity contribution in [1.29, 1.82) is 0 Å². The fourth-order valence-electron chi connectivity index (χ4n) is 4.69. The molecule has 0 aliphatic heterocycles. The van der Waals surface area contributed by atoms with E-state index in [1.54, 1.807) is 12.1 Å². The third-order valence-corrected chi connectivity index (χ3v) is 6.64. The summed E-state index contributed by atoms with van der Waals surface area (Å²) in [6.07, 6.45) is 0. The molecule has 0 fully saturated rings. The minimum atomic E-state index is -0.530. The molecule has 0 spiro atoms. The number of ether oxygens (including phenoxy) is 2. The molecular formula is C30H28F2O4. The third-order valence-electron chi connectivity index (χ3n) is 6.64. The van der Waals surface area contributed by atoms with Gasteiger partial charge in [-0.3, -0.25) is 0 Å². The Bertz CT molecular complexity index is 1320. The predicted octanol–water partition coefficient (Wildman–Crippen LogP) is 6.58. The van der Waals surface area contributed by atoms with Crippen LogP contribution in [0.4, 0.5) is 8.78 Å². The van der Waals surface area contributed by atoms with Crippen LogP contribution in [0.3, 0.4) is 0 Å². The summed E-state index contributed by atoms with van der Waals surface area (Å²) in [6, 6.07) is 17.9. The Morgan fingerprint density at radius 3 is 1.31 bits per heavy atom. The molecule has 0 heterocycles. The van der Waals surface area contributed by atoms with Gasteiger partial charge in [0.05, 0.1) is 38.6 Å². The fourth-order valence-corrected chi connectivity index (χ4v) is 4.69. The highest BCUT2D eigenvalue weighted by Gasteiger charge is 2.18. The molecule has 0 aliphatic rings. The first-order valence-electron chi connectivity index (χ1n) is 11.5. The van der Waals surface area contributed by atoms with E-state index in [-0.39, 0.29) is 22.6 Å². The minimum absolute atomic E-state index is 0.119. The van der Waals surface area contributed by atoms with Crippen LogP contribution in [0.2, 0.25) is 0 Å². The quantitative estimate of drug-likeness (QED) is 0.307. The van der Waals surface area contributed by atoms with Gasteiger partial charge in [0.15, 0.2) is 0 Å². The van der Waals surface area contributed by atoms with Crippen molar-refractivity contribution in [2.45, 2.75) is 27.1 Å². The number of benzene rings is 4. The molecule has 0 aliphatic carbocycles. The molecule has 0 saturated heterocycles. The van der Waals surface area contributed by atoms with E-state index in [1.807, 2.05) is 50.2 Å². The first-order chi connectivity index (χ1) is 17.3. The number of aliphatic hydroxyl groups excluding tert-OH is 2. The number of methoxy groups -OCH3 is 2. The van der Waals surface area contributed by atoms with Crippen LogP contribution in [0.15, 0.2) is 60.7 Å². The summed E-state index contributed by atoms with van der Waals surface area (Å²) in [7, 11) is 2.89. The molecule has 0 bridgehead atoms. The Labute approximate surface area is 209 Å². The van der Waals surface area contributed by atoms with Crippen molar-refractivity contribution in [3.8, 4) is 44.9 Å². The summed E-state index contributed by atoms with van der Waals surface area (Å²) in [5, 5.41) is 19.0. The molecule has 186 valence electrons. The normalized spacial score (nSPS) is 11.0. The van der Waals surface area contributed by atoms with Gasteiger partial charge in [-0.15, -0.1) is 0 Å². The average molecular weight is 491 g/mol. The summed E-state index contributed by atoms with van der Waals surface area (Å²) < 4.78 is 40.0. The molecule has 36 heavy (non-hydrogen) atoms. The van der Waals surface area contributed by atoms with Crippen LogP contribution in [0.1, 0.15) is 22.3 Å². The molecule has 0 aromatic heterocycles. The van der Waals surface area contributed by atoms with Crippen LogP contribution in [-0.2, 0) is 13.2 Å². The highest BCUT2D eigenvalue weighted by atomic mass is 19.1. The minimum Gasteiger partial charge on any atom is -0.496 e. The van der Waals surface area contributed by atoms with E-state index in [9.17, 15) is 19.0 Å². The molecule has 4 aromatic rings. The third kappa shape index (κ3) is 4.45. The molecule has 4 aromatic carbocycles. The van der Waals surface area contributed by atoms with Crippen molar-refractivity contribution in [2.24, 2.45) is 0 Å². The van der Waals surface area contributed by atoms with Gasteiger partial charge in [0, 0.05) is 0 Å². The second-order valence-corrected chi connectivity index (χ2v) is 8.55. The van der Waals surface area contributed by atoms with Crippen LogP contribution < -0.4 is 9.47 Å². The zero-order chi connectivity index (χ0) is 26.0. The maximum absolute atomic E-state index is 14.7. The first kappa shape index (κ1) is 25.4. The lowest BCUT2D eigenvalue weighted by molar-refractivity contribution is 0.266. The summed E-state index contributed by atoms with van der Waals surface area (Å²) in [6.45, 7) is 3.04. The molecular weight excluding hydrogens is 462 g/mol. The Kier molecular flexibility index (Phi) is 7.38. The SMILES string of the molecule is COc1cc(-c2cccc(-c3cccc(-c4cc(F)c(CO)c(OC)c4)c3C)c2C)cc(F)c1CO. The van der Waals surface area contributed by atoms with Gasteiger partial charge >= 0.3 is 0 Å². The van der Waals surface area contributed by atoms with E-state index in [2.05, 4.69) is 0 Å². The largest absolute Gasteiger partial charge is 0.496 e. The summed E-state index contributed by atoms with van der Waals surface area (Å²) in [4.78, 5) is 0. The maximum atomic E-state index is 14.7. The van der Waals surface area contributed by atoms with E-state index in [1.165, 1.54) is 26.4 Å². The van der Waals surface area contributed by atoms with E-state index >= 15 is 0 Å². The van der Waals surface area contributed by atoms with Gasteiger partial charge in [0.2, 0.25) is 0 Å². The topological polar surface area (TPSA) is 58.9 Å². The summed E-state index contributed by atoms with van der Waals surface area (Å²) in [5.41, 5.74) is 6.97. The molecule has 0 amide bonds. The van der Waals surface area contributed by atoms with Crippen molar-refractivity contribution in [3.05, 3.63) is 94.6 Å². The second-order valence-electron chi connectivity index (χ2n) is 8.55. The number of rotatable bonds is 7. The Morgan fingerprint density at radius 1 is 0.611 bits per heavy atom. The smallest absolute Gasteiger partial charge is 0.133 e. The van der Waals surface area contributed by atoms with Gasteiger partial charge in [-0.25, -0.2) is 8.78 Å². The van der Waals surface area contributed by atoms with Gasteiger partial charge in [0.1, 0.15) is 23.1 Å². The second kappa shape index (κ2) is 10.5. The molecule has 4 rings (SSSR count). The number of aliphatic hydroxyl groups is 2. The van der Waals surface area contributed by atoms with Gasteiger partial charge in [-0.1, -0.05) is 36.4 Å². The van der Waals surface area contributed by atoms with Crippen molar-refractivity contribution in [1.82, 2.24) is 0 Å². The Balaban J connectivity index is 1.86.